The zero-order chi connectivity index (χ0) is 22.8. The van der Waals surface area contributed by atoms with Crippen LogP contribution in [0.5, 0.6) is 0 Å². The Hall–Kier alpha value is -3.00. The molecule has 1 aliphatic carbocycles. The van der Waals surface area contributed by atoms with Crippen molar-refractivity contribution in [2.45, 2.75) is 64.8 Å². The summed E-state index contributed by atoms with van der Waals surface area (Å²) in [5.74, 6) is 2.28. The van der Waals surface area contributed by atoms with Gasteiger partial charge in [-0.15, -0.1) is 5.10 Å². The van der Waals surface area contributed by atoms with E-state index in [0.29, 0.717) is 6.04 Å². The van der Waals surface area contributed by atoms with E-state index in [9.17, 15) is 0 Å². The number of nitrogen functional groups attached to an aromatic ring is 1. The first-order valence-corrected chi connectivity index (χ1v) is 12.1. The zero-order valence-electron chi connectivity index (χ0n) is 19.6. The topological polar surface area (TPSA) is 96.1 Å². The molecule has 2 aliphatic rings. The number of fused-ring (bicyclic) bond motifs is 2. The van der Waals surface area contributed by atoms with E-state index in [4.69, 9.17) is 10.5 Å². The molecule has 2 fully saturated rings. The van der Waals surface area contributed by atoms with Crippen LogP contribution in [-0.4, -0.2) is 42.3 Å². The van der Waals surface area contributed by atoms with Crippen LogP contribution in [0.25, 0.3) is 27.8 Å². The minimum atomic E-state index is 0.251. The van der Waals surface area contributed by atoms with Crippen molar-refractivity contribution in [3.05, 3.63) is 36.5 Å². The van der Waals surface area contributed by atoms with Gasteiger partial charge in [-0.25, -0.2) is 19.5 Å². The number of rotatable bonds is 2. The quantitative estimate of drug-likeness (QED) is 0.466. The second-order valence-corrected chi connectivity index (χ2v) is 9.36. The minimum absolute atomic E-state index is 0.251. The van der Waals surface area contributed by atoms with Crippen LogP contribution in [0.15, 0.2) is 30.7 Å². The van der Waals surface area contributed by atoms with E-state index in [1.807, 2.05) is 25.4 Å². The fourth-order valence-corrected chi connectivity index (χ4v) is 5.11. The molecule has 0 aromatic carbocycles. The Bertz CT molecular complexity index is 1230. The molecule has 0 bridgehead atoms. The van der Waals surface area contributed by atoms with Gasteiger partial charge in [-0.2, -0.15) is 0 Å². The average Bonchev–Trinajstić information content (AvgIpc) is 3.39. The first kappa shape index (κ1) is 21.8. The number of aromatic nitrogens is 6. The van der Waals surface area contributed by atoms with Gasteiger partial charge in [0.05, 0.1) is 17.2 Å². The summed E-state index contributed by atoms with van der Waals surface area (Å²) in [6, 6.07) is 4.57. The van der Waals surface area contributed by atoms with Crippen molar-refractivity contribution in [2.24, 2.45) is 5.92 Å². The Morgan fingerprint density at radius 3 is 2.52 bits per heavy atom. The van der Waals surface area contributed by atoms with Crippen molar-refractivity contribution in [2.75, 3.05) is 18.9 Å². The van der Waals surface area contributed by atoms with Gasteiger partial charge >= 0.3 is 0 Å². The molecule has 0 amide bonds. The molecule has 4 aromatic heterocycles. The van der Waals surface area contributed by atoms with Crippen LogP contribution in [0.4, 0.5) is 5.95 Å². The molecule has 33 heavy (non-hydrogen) atoms. The highest BCUT2D eigenvalue weighted by atomic mass is 16.5. The Balaban J connectivity index is 0.000000281. The second-order valence-electron chi connectivity index (χ2n) is 9.36. The summed E-state index contributed by atoms with van der Waals surface area (Å²) in [4.78, 5) is 13.4. The van der Waals surface area contributed by atoms with Crippen LogP contribution in [0.3, 0.4) is 0 Å². The third-order valence-electron chi connectivity index (χ3n) is 6.92. The van der Waals surface area contributed by atoms with E-state index in [2.05, 4.69) is 37.6 Å². The van der Waals surface area contributed by atoms with Gasteiger partial charge in [-0.05, 0) is 37.8 Å². The van der Waals surface area contributed by atoms with Gasteiger partial charge in [-0.3, -0.25) is 0 Å². The van der Waals surface area contributed by atoms with Gasteiger partial charge in [0.25, 0.3) is 0 Å². The number of pyridine rings is 1. The summed E-state index contributed by atoms with van der Waals surface area (Å²) in [7, 11) is 0. The van der Waals surface area contributed by atoms with E-state index < -0.39 is 0 Å². The molecular weight excluding hydrogens is 414 g/mol. The van der Waals surface area contributed by atoms with Crippen molar-refractivity contribution in [3.63, 3.8) is 0 Å². The molecule has 1 aliphatic heterocycles. The Labute approximate surface area is 194 Å². The number of aryl methyl sites for hydroxylation is 1. The number of hydrogen-bond acceptors (Lipinski definition) is 6. The van der Waals surface area contributed by atoms with Gasteiger partial charge in [0, 0.05) is 42.8 Å². The second kappa shape index (κ2) is 9.47. The first-order chi connectivity index (χ1) is 16.1. The van der Waals surface area contributed by atoms with Crippen molar-refractivity contribution in [1.82, 2.24) is 29.1 Å². The molecule has 5 heterocycles. The van der Waals surface area contributed by atoms with Crippen molar-refractivity contribution < 1.29 is 4.74 Å². The van der Waals surface area contributed by atoms with E-state index >= 15 is 0 Å². The van der Waals surface area contributed by atoms with Crippen LogP contribution in [0.2, 0.25) is 0 Å². The number of hydrogen-bond donors (Lipinski definition) is 1. The molecule has 1 saturated carbocycles. The van der Waals surface area contributed by atoms with Gasteiger partial charge in [0.1, 0.15) is 5.82 Å². The van der Waals surface area contributed by atoms with Crippen LogP contribution in [0, 0.1) is 12.8 Å². The van der Waals surface area contributed by atoms with Gasteiger partial charge < -0.3 is 15.0 Å². The Morgan fingerprint density at radius 2 is 1.79 bits per heavy atom. The molecule has 1 saturated heterocycles. The standard InChI is InChI=1S/C18H19N7O.C7H14/c1-11-22-17-15(25(11)13-3-6-26-7-4-13)8-12(9-20-17)14-2-5-24-16(14)10-21-18(19)23-24;1-7-5-3-2-4-6-7/h2,5,8-10,13H,3-4,6-7H2,1H3,(H2,19,23);7H,2-6H2,1H3. The van der Waals surface area contributed by atoms with Crippen LogP contribution >= 0.6 is 0 Å². The van der Waals surface area contributed by atoms with E-state index in [-0.39, 0.29) is 5.95 Å². The lowest BCUT2D eigenvalue weighted by Gasteiger charge is -2.25. The van der Waals surface area contributed by atoms with E-state index in [0.717, 1.165) is 65.6 Å². The molecule has 4 aromatic rings. The van der Waals surface area contributed by atoms with Crippen LogP contribution in [-0.2, 0) is 4.74 Å². The third-order valence-corrected chi connectivity index (χ3v) is 6.92. The maximum absolute atomic E-state index is 5.67. The zero-order valence-corrected chi connectivity index (χ0v) is 19.6. The van der Waals surface area contributed by atoms with Crippen LogP contribution < -0.4 is 5.73 Å². The molecule has 6 rings (SSSR count). The summed E-state index contributed by atoms with van der Waals surface area (Å²) in [5, 5.41) is 4.21. The average molecular weight is 448 g/mol. The van der Waals surface area contributed by atoms with Crippen molar-refractivity contribution in [1.29, 1.82) is 0 Å². The fraction of sp³-hybridized carbons (Fsp3) is 0.520. The van der Waals surface area contributed by atoms with Gasteiger partial charge in [-0.1, -0.05) is 39.0 Å². The number of imidazole rings is 1. The predicted molar refractivity (Wildman–Crippen MR) is 130 cm³/mol. The molecule has 8 heteroatoms. The van der Waals surface area contributed by atoms with E-state index in [1.165, 1.54) is 32.1 Å². The number of ether oxygens (including phenoxy) is 1. The van der Waals surface area contributed by atoms with Crippen molar-refractivity contribution >= 4 is 22.6 Å². The Morgan fingerprint density at radius 1 is 1.00 bits per heavy atom. The summed E-state index contributed by atoms with van der Waals surface area (Å²) >= 11 is 0. The Kier molecular flexibility index (Phi) is 6.26. The van der Waals surface area contributed by atoms with Gasteiger partial charge in [0.2, 0.25) is 5.95 Å². The summed E-state index contributed by atoms with van der Waals surface area (Å²) in [6.07, 6.45) is 14.9. The van der Waals surface area contributed by atoms with Crippen molar-refractivity contribution in [3.8, 4) is 11.1 Å². The fourth-order valence-electron chi connectivity index (χ4n) is 5.11. The smallest absolute Gasteiger partial charge is 0.238 e. The SMILES string of the molecule is CC1CCCCC1.Cc1nc2ncc(-c3ccn4nc(N)ncc34)cc2n1C1CCOCC1. The highest BCUT2D eigenvalue weighted by Gasteiger charge is 2.21. The number of anilines is 1. The number of nitrogens with two attached hydrogens (primary N) is 1. The summed E-state index contributed by atoms with van der Waals surface area (Å²) in [5.41, 5.74) is 10.4. The molecule has 8 nitrogen and oxygen atoms in total. The molecule has 0 atom stereocenters. The highest BCUT2D eigenvalue weighted by Crippen LogP contribution is 2.31. The molecule has 0 spiro atoms. The predicted octanol–water partition coefficient (Wildman–Crippen LogP) is 4.97. The summed E-state index contributed by atoms with van der Waals surface area (Å²) in [6.45, 7) is 5.99. The first-order valence-electron chi connectivity index (χ1n) is 12.1. The normalized spacial score (nSPS) is 17.9. The molecule has 0 unspecified atom stereocenters. The van der Waals surface area contributed by atoms with E-state index in [1.54, 1.807) is 10.7 Å². The third kappa shape index (κ3) is 4.57. The highest BCUT2D eigenvalue weighted by molar-refractivity contribution is 5.85. The summed E-state index contributed by atoms with van der Waals surface area (Å²) < 4.78 is 9.56. The monoisotopic (exact) mass is 447 g/mol. The molecule has 174 valence electrons. The van der Waals surface area contributed by atoms with Crippen LogP contribution in [0.1, 0.15) is 63.7 Å². The largest absolute Gasteiger partial charge is 0.381 e. The molecular formula is C25H33N7O. The molecule has 0 radical (unpaired) electrons. The lowest BCUT2D eigenvalue weighted by Crippen LogP contribution is -2.20. The van der Waals surface area contributed by atoms with Gasteiger partial charge in [0.15, 0.2) is 5.65 Å². The maximum Gasteiger partial charge on any atom is 0.238 e. The lowest BCUT2D eigenvalue weighted by molar-refractivity contribution is 0.0701. The molecule has 2 N–H and O–H groups in total. The number of nitrogens with zero attached hydrogens (tertiary/aromatic N) is 6. The minimum Gasteiger partial charge on any atom is -0.381 e. The maximum atomic E-state index is 5.67. The lowest BCUT2D eigenvalue weighted by atomic mass is 9.91.